The number of carbonyl (C=O) groups excluding carboxylic acids is 4. The SMILES string of the molecule is O=C(O)c1ccc(N2C(=O)[C@H]3[C@H](CC=C4[C@H]3C[C@@]3(Cl)C(=O)N(c5c(F)c(F)c(F)c(F)c5F)C(=O)[C@@]3(Cl)[C@H]4c3ccc(OCCO)cc3)C2=O)cc1O. The number of carbonyl (C=O) groups is 5. The van der Waals surface area contributed by atoms with E-state index in [9.17, 15) is 47.4 Å². The summed E-state index contributed by atoms with van der Waals surface area (Å²) < 4.78 is 78.8. The van der Waals surface area contributed by atoms with E-state index in [-0.39, 0.29) is 47.1 Å². The number of amides is 4. The minimum absolute atomic E-state index is 0.101. The van der Waals surface area contributed by atoms with Gasteiger partial charge < -0.3 is 20.1 Å². The van der Waals surface area contributed by atoms with Crippen molar-refractivity contribution in [2.24, 2.45) is 17.8 Å². The van der Waals surface area contributed by atoms with Gasteiger partial charge in [0.1, 0.15) is 29.4 Å². The van der Waals surface area contributed by atoms with Gasteiger partial charge in [0.25, 0.3) is 11.8 Å². The molecule has 7 rings (SSSR count). The molecule has 2 aliphatic heterocycles. The highest BCUT2D eigenvalue weighted by Crippen LogP contribution is 2.66. The number of hydrogen-bond donors (Lipinski definition) is 3. The highest BCUT2D eigenvalue weighted by molar-refractivity contribution is 6.58. The molecule has 0 aromatic heterocycles. The number of allylic oxidation sites excluding steroid dienone is 2. The standard InChI is InChI=1S/C35H23Cl2F5N2O9/c36-34-12-19-16(7-8-18-21(19)30(48)43(29(18)47)14-3-6-17(31(49)50)20(46)11-14)22(13-1-4-15(5-2-13)53-10-9-45)35(34,37)33(52)44(32(34)51)28-26(41)24(39)23(38)25(40)27(28)42/h1-7,11,18-19,21-22,45-46H,8-10,12H2,(H,49,50)/t18-,19+,21-,22-,34+,35-/m0/s1. The number of alkyl halides is 2. The second-order valence-electron chi connectivity index (χ2n) is 12.9. The summed E-state index contributed by atoms with van der Waals surface area (Å²) in [4.78, 5) is 63.1. The van der Waals surface area contributed by atoms with Gasteiger partial charge in [0.2, 0.25) is 17.6 Å². The van der Waals surface area contributed by atoms with E-state index in [0.29, 0.717) is 0 Å². The predicted molar refractivity (Wildman–Crippen MR) is 173 cm³/mol. The first-order chi connectivity index (χ1) is 25.0. The number of carboxylic acids is 1. The van der Waals surface area contributed by atoms with Gasteiger partial charge in [0, 0.05) is 12.0 Å². The Balaban J connectivity index is 1.39. The molecule has 1 saturated carbocycles. The minimum atomic E-state index is -2.73. The van der Waals surface area contributed by atoms with E-state index in [1.54, 1.807) is 0 Å². The number of halogens is 7. The average Bonchev–Trinajstić information content (AvgIpc) is 3.47. The van der Waals surface area contributed by atoms with E-state index in [0.717, 1.165) is 23.1 Å². The molecule has 3 aromatic rings. The van der Waals surface area contributed by atoms with Crippen molar-refractivity contribution in [2.45, 2.75) is 28.5 Å². The van der Waals surface area contributed by atoms with E-state index >= 15 is 8.78 Å². The smallest absolute Gasteiger partial charge is 0.339 e. The fourth-order valence-electron chi connectivity index (χ4n) is 7.96. The average molecular weight is 781 g/mol. The van der Waals surface area contributed by atoms with Crippen molar-refractivity contribution in [3.05, 3.63) is 94.3 Å². The van der Waals surface area contributed by atoms with E-state index in [2.05, 4.69) is 0 Å². The zero-order chi connectivity index (χ0) is 38.5. The molecule has 18 heteroatoms. The molecule has 0 unspecified atom stereocenters. The molecule has 6 atom stereocenters. The first-order valence-electron chi connectivity index (χ1n) is 15.8. The normalized spacial score (nSPS) is 27.8. The number of imide groups is 2. The Bertz CT molecular complexity index is 2180. The Labute approximate surface area is 304 Å². The van der Waals surface area contributed by atoms with Crippen LogP contribution in [0, 0.1) is 46.8 Å². The number of ether oxygens (including phenoxy) is 1. The van der Waals surface area contributed by atoms with Crippen molar-refractivity contribution >= 4 is 64.2 Å². The number of phenols is 1. The number of anilines is 2. The summed E-state index contributed by atoms with van der Waals surface area (Å²) >= 11 is 14.2. The van der Waals surface area contributed by atoms with Gasteiger partial charge in [-0.3, -0.25) is 19.2 Å². The number of aliphatic hydroxyl groups is 1. The van der Waals surface area contributed by atoms with Gasteiger partial charge in [-0.05, 0) is 48.6 Å². The number of nitrogens with zero attached hydrogens (tertiary/aromatic N) is 2. The maximum atomic E-state index is 15.2. The second kappa shape index (κ2) is 12.5. The molecule has 3 aromatic carbocycles. The number of aliphatic hydroxyl groups excluding tert-OH is 1. The molecule has 2 saturated heterocycles. The van der Waals surface area contributed by atoms with Crippen molar-refractivity contribution in [1.29, 1.82) is 0 Å². The lowest BCUT2D eigenvalue weighted by Gasteiger charge is -2.50. The van der Waals surface area contributed by atoms with Crippen LogP contribution < -0.4 is 14.5 Å². The van der Waals surface area contributed by atoms with Crippen LogP contribution in [0.3, 0.4) is 0 Å². The first-order valence-corrected chi connectivity index (χ1v) is 16.5. The van der Waals surface area contributed by atoms with Gasteiger partial charge in [-0.25, -0.2) is 36.5 Å². The van der Waals surface area contributed by atoms with Crippen molar-refractivity contribution in [3.8, 4) is 11.5 Å². The van der Waals surface area contributed by atoms with Gasteiger partial charge in [-0.15, -0.1) is 23.2 Å². The van der Waals surface area contributed by atoms with E-state index < -0.39 is 116 Å². The molecule has 0 spiro atoms. The van der Waals surface area contributed by atoms with Crippen LogP contribution in [0.15, 0.2) is 54.1 Å². The van der Waals surface area contributed by atoms with Crippen LogP contribution in [0.4, 0.5) is 33.3 Å². The third-order valence-electron chi connectivity index (χ3n) is 10.3. The van der Waals surface area contributed by atoms with Gasteiger partial charge in [0.15, 0.2) is 33.0 Å². The number of benzene rings is 3. The Morgan fingerprint density at radius 3 is 2.06 bits per heavy atom. The maximum Gasteiger partial charge on any atom is 0.339 e. The van der Waals surface area contributed by atoms with Crippen LogP contribution >= 0.6 is 23.2 Å². The molecule has 0 bridgehead atoms. The van der Waals surface area contributed by atoms with Crippen molar-refractivity contribution in [1.82, 2.24) is 0 Å². The topological polar surface area (TPSA) is 162 Å². The predicted octanol–water partition coefficient (Wildman–Crippen LogP) is 4.93. The van der Waals surface area contributed by atoms with Crippen molar-refractivity contribution in [3.63, 3.8) is 0 Å². The Kier molecular flexibility index (Phi) is 8.58. The van der Waals surface area contributed by atoms with Crippen LogP contribution in [0.2, 0.25) is 0 Å². The number of rotatable bonds is 7. The minimum Gasteiger partial charge on any atom is -0.507 e. The van der Waals surface area contributed by atoms with Crippen LogP contribution in [-0.2, 0) is 19.2 Å². The van der Waals surface area contributed by atoms with E-state index in [1.807, 2.05) is 0 Å². The highest BCUT2D eigenvalue weighted by Gasteiger charge is 2.77. The highest BCUT2D eigenvalue weighted by atomic mass is 35.5. The number of aromatic hydroxyl groups is 1. The Hall–Kier alpha value is -5.06. The Morgan fingerprint density at radius 2 is 1.47 bits per heavy atom. The number of carboxylic acid groups (broad SMARTS) is 1. The number of aromatic carboxylic acids is 1. The first kappa shape index (κ1) is 36.3. The molecule has 2 heterocycles. The van der Waals surface area contributed by atoms with Crippen molar-refractivity contribution < 1.29 is 66.0 Å². The number of fused-ring (bicyclic) bond motifs is 4. The van der Waals surface area contributed by atoms with Gasteiger partial charge >= 0.3 is 5.97 Å². The summed E-state index contributed by atoms with van der Waals surface area (Å²) in [5.41, 5.74) is -2.26. The van der Waals surface area contributed by atoms with Gasteiger partial charge in [-0.2, -0.15) is 0 Å². The van der Waals surface area contributed by atoms with Crippen LogP contribution in [0.5, 0.6) is 11.5 Å². The summed E-state index contributed by atoms with van der Waals surface area (Å²) in [5, 5.41) is 28.8. The summed E-state index contributed by atoms with van der Waals surface area (Å²) in [7, 11) is 0. The Morgan fingerprint density at radius 1 is 0.849 bits per heavy atom. The zero-order valence-corrected chi connectivity index (χ0v) is 28.1. The van der Waals surface area contributed by atoms with Crippen LogP contribution in [0.1, 0.15) is 34.7 Å². The molecule has 11 nitrogen and oxygen atoms in total. The lowest BCUT2D eigenvalue weighted by molar-refractivity contribution is -0.125. The largest absolute Gasteiger partial charge is 0.507 e. The summed E-state index contributed by atoms with van der Waals surface area (Å²) in [6.07, 6.45) is 0.633. The van der Waals surface area contributed by atoms with Gasteiger partial charge in [-0.1, -0.05) is 23.8 Å². The molecule has 53 heavy (non-hydrogen) atoms. The lowest BCUT2D eigenvalue weighted by Crippen LogP contribution is -2.60. The fraction of sp³-hybridized carbons (Fsp3) is 0.286. The maximum absolute atomic E-state index is 15.2. The molecule has 3 N–H and O–H groups in total. The third kappa shape index (κ3) is 4.91. The monoisotopic (exact) mass is 780 g/mol. The summed E-state index contributed by atoms with van der Waals surface area (Å²) in [6.45, 7) is -0.436. The molecule has 4 aliphatic rings. The second-order valence-corrected chi connectivity index (χ2v) is 14.1. The van der Waals surface area contributed by atoms with Crippen molar-refractivity contribution in [2.75, 3.05) is 23.0 Å². The molecular formula is C35H23Cl2F5N2O9. The van der Waals surface area contributed by atoms with E-state index in [4.69, 9.17) is 33.0 Å². The summed E-state index contributed by atoms with van der Waals surface area (Å²) in [6, 6.07) is 8.61. The lowest BCUT2D eigenvalue weighted by atomic mass is 9.56. The number of hydrogen-bond acceptors (Lipinski definition) is 8. The molecule has 3 fully saturated rings. The quantitative estimate of drug-likeness (QED) is 0.0755. The molecule has 2 aliphatic carbocycles. The third-order valence-corrected chi connectivity index (χ3v) is 11.7. The van der Waals surface area contributed by atoms with E-state index in [1.165, 1.54) is 30.3 Å². The molecular weight excluding hydrogens is 758 g/mol. The molecule has 0 radical (unpaired) electrons. The van der Waals surface area contributed by atoms with Crippen LogP contribution in [-0.4, -0.2) is 67.9 Å². The molecule has 276 valence electrons. The summed E-state index contributed by atoms with van der Waals surface area (Å²) in [5.74, 6) is -24.5. The zero-order valence-electron chi connectivity index (χ0n) is 26.6. The van der Waals surface area contributed by atoms with Crippen LogP contribution in [0.25, 0.3) is 0 Å². The fourth-order valence-corrected chi connectivity index (χ4v) is 8.89. The molecule has 4 amide bonds. The van der Waals surface area contributed by atoms with Gasteiger partial charge in [0.05, 0.1) is 24.1 Å².